The Morgan fingerprint density at radius 2 is 2.00 bits per heavy atom. The van der Waals surface area contributed by atoms with E-state index in [1.807, 2.05) is 0 Å². The van der Waals surface area contributed by atoms with Crippen LogP contribution in [0.1, 0.15) is 11.6 Å². The smallest absolute Gasteiger partial charge is 0.327 e. The molecule has 0 amide bonds. The molecular formula is C9H11NO3. The molecule has 0 unspecified atom stereocenters. The molecule has 0 saturated carbocycles. The summed E-state index contributed by atoms with van der Waals surface area (Å²) >= 11 is 0. The minimum Gasteiger partial charge on any atom is -0.508 e. The predicted octanol–water partition coefficient (Wildman–Crippen LogP) is 0.565. The number of carbonyl (C=O) groups is 1. The number of esters is 1. The van der Waals surface area contributed by atoms with Gasteiger partial charge in [-0.15, -0.1) is 0 Å². The Bertz CT molecular complexity index is 294. The number of carbonyl (C=O) groups excluding carboxylic acids is 1. The van der Waals surface area contributed by atoms with Crippen molar-refractivity contribution in [1.29, 1.82) is 0 Å². The van der Waals surface area contributed by atoms with Crippen LogP contribution in [0.2, 0.25) is 0 Å². The maximum absolute atomic E-state index is 11.0. The molecule has 0 heterocycles. The second-order valence-corrected chi connectivity index (χ2v) is 2.59. The molecular weight excluding hydrogens is 170 g/mol. The van der Waals surface area contributed by atoms with Gasteiger partial charge in [0.05, 0.1) is 7.11 Å². The molecule has 0 aliphatic carbocycles. The van der Waals surface area contributed by atoms with Gasteiger partial charge in [-0.1, -0.05) is 12.1 Å². The van der Waals surface area contributed by atoms with Crippen LogP contribution in [0, 0.1) is 0 Å². The summed E-state index contributed by atoms with van der Waals surface area (Å²) in [5, 5.41) is 8.98. The van der Waals surface area contributed by atoms with Gasteiger partial charge in [-0.25, -0.2) is 0 Å². The summed E-state index contributed by atoms with van der Waals surface area (Å²) in [7, 11) is 1.28. The molecule has 0 bridgehead atoms. The predicted molar refractivity (Wildman–Crippen MR) is 47.1 cm³/mol. The molecule has 0 aliphatic rings. The fourth-order valence-corrected chi connectivity index (χ4v) is 0.945. The number of hydrogen-bond donors (Lipinski definition) is 2. The molecule has 4 nitrogen and oxygen atoms in total. The van der Waals surface area contributed by atoms with Gasteiger partial charge in [0.1, 0.15) is 11.8 Å². The molecule has 1 atom stereocenters. The van der Waals surface area contributed by atoms with Crippen molar-refractivity contribution in [3.8, 4) is 5.75 Å². The molecule has 1 aromatic carbocycles. The summed E-state index contributed by atoms with van der Waals surface area (Å²) in [6.07, 6.45) is 0. The lowest BCUT2D eigenvalue weighted by Gasteiger charge is -2.08. The second-order valence-electron chi connectivity index (χ2n) is 2.59. The highest BCUT2D eigenvalue weighted by molar-refractivity contribution is 5.77. The lowest BCUT2D eigenvalue weighted by molar-refractivity contribution is -0.142. The van der Waals surface area contributed by atoms with E-state index in [0.29, 0.717) is 5.56 Å². The van der Waals surface area contributed by atoms with Gasteiger partial charge in [0.25, 0.3) is 0 Å². The van der Waals surface area contributed by atoms with E-state index in [1.165, 1.54) is 19.2 Å². The van der Waals surface area contributed by atoms with Gasteiger partial charge in [-0.3, -0.25) is 4.79 Å². The van der Waals surface area contributed by atoms with Crippen molar-refractivity contribution in [2.45, 2.75) is 6.04 Å². The van der Waals surface area contributed by atoms with Crippen LogP contribution in [-0.2, 0) is 9.53 Å². The summed E-state index contributed by atoms with van der Waals surface area (Å²) in [5.41, 5.74) is 6.16. The molecule has 3 N–H and O–H groups in total. The van der Waals surface area contributed by atoms with Gasteiger partial charge in [0.15, 0.2) is 0 Å². The number of rotatable bonds is 2. The summed E-state index contributed by atoms with van der Waals surface area (Å²) in [4.78, 5) is 11.0. The van der Waals surface area contributed by atoms with Gasteiger partial charge < -0.3 is 15.6 Å². The minimum absolute atomic E-state index is 0.140. The third-order valence-electron chi connectivity index (χ3n) is 1.71. The molecule has 13 heavy (non-hydrogen) atoms. The van der Waals surface area contributed by atoms with E-state index in [1.54, 1.807) is 12.1 Å². The lowest BCUT2D eigenvalue weighted by Crippen LogP contribution is -2.22. The van der Waals surface area contributed by atoms with Crippen molar-refractivity contribution in [3.63, 3.8) is 0 Å². The van der Waals surface area contributed by atoms with Crippen LogP contribution >= 0.6 is 0 Å². The fraction of sp³-hybridized carbons (Fsp3) is 0.222. The normalized spacial score (nSPS) is 12.2. The molecule has 1 rings (SSSR count). The Balaban J connectivity index is 2.83. The Morgan fingerprint density at radius 3 is 2.46 bits per heavy atom. The molecule has 70 valence electrons. The van der Waals surface area contributed by atoms with E-state index in [4.69, 9.17) is 10.8 Å². The van der Waals surface area contributed by atoms with Crippen LogP contribution in [0.3, 0.4) is 0 Å². The summed E-state index contributed by atoms with van der Waals surface area (Å²) < 4.78 is 4.47. The van der Waals surface area contributed by atoms with Crippen LogP contribution < -0.4 is 5.73 Å². The molecule has 4 heteroatoms. The van der Waals surface area contributed by atoms with E-state index in [2.05, 4.69) is 4.74 Å². The first-order chi connectivity index (χ1) is 6.15. The number of benzene rings is 1. The second kappa shape index (κ2) is 3.91. The van der Waals surface area contributed by atoms with Crippen molar-refractivity contribution in [2.24, 2.45) is 5.73 Å². The van der Waals surface area contributed by atoms with Crippen molar-refractivity contribution in [1.82, 2.24) is 0 Å². The first-order valence-corrected chi connectivity index (χ1v) is 3.77. The maximum Gasteiger partial charge on any atom is 0.327 e. The van der Waals surface area contributed by atoms with Crippen molar-refractivity contribution < 1.29 is 14.6 Å². The minimum atomic E-state index is -0.786. The molecule has 0 spiro atoms. The largest absolute Gasteiger partial charge is 0.508 e. The number of hydrogen-bond acceptors (Lipinski definition) is 4. The van der Waals surface area contributed by atoms with Crippen molar-refractivity contribution in [2.75, 3.05) is 7.11 Å². The van der Waals surface area contributed by atoms with E-state index in [0.717, 1.165) is 0 Å². The third-order valence-corrected chi connectivity index (χ3v) is 1.71. The van der Waals surface area contributed by atoms with Crippen LogP contribution in [0.5, 0.6) is 5.75 Å². The Kier molecular flexibility index (Phi) is 2.87. The zero-order valence-electron chi connectivity index (χ0n) is 7.23. The average Bonchev–Trinajstić information content (AvgIpc) is 2.17. The number of phenols is 1. The highest BCUT2D eigenvalue weighted by Gasteiger charge is 2.15. The van der Waals surface area contributed by atoms with Gasteiger partial charge in [-0.2, -0.15) is 0 Å². The molecule has 0 aliphatic heterocycles. The van der Waals surface area contributed by atoms with Gasteiger partial charge >= 0.3 is 5.97 Å². The zero-order chi connectivity index (χ0) is 9.84. The van der Waals surface area contributed by atoms with Crippen LogP contribution in [0.25, 0.3) is 0 Å². The SMILES string of the molecule is COC(=O)[C@H](N)c1ccc(O)cc1. The third kappa shape index (κ3) is 2.19. The number of methoxy groups -OCH3 is 1. The summed E-state index contributed by atoms with van der Waals surface area (Å²) in [5.74, 6) is -0.355. The molecule has 0 radical (unpaired) electrons. The van der Waals surface area contributed by atoms with Gasteiger partial charge in [0, 0.05) is 0 Å². The Labute approximate surface area is 75.9 Å². The average molecular weight is 181 g/mol. The van der Waals surface area contributed by atoms with Crippen molar-refractivity contribution in [3.05, 3.63) is 29.8 Å². The summed E-state index contributed by atoms with van der Waals surface area (Å²) in [6, 6.07) is 5.31. The fourth-order valence-electron chi connectivity index (χ4n) is 0.945. The zero-order valence-corrected chi connectivity index (χ0v) is 7.23. The maximum atomic E-state index is 11.0. The first kappa shape index (κ1) is 9.54. The Morgan fingerprint density at radius 1 is 1.46 bits per heavy atom. The molecule has 0 fully saturated rings. The standard InChI is InChI=1S/C9H11NO3/c1-13-9(12)8(10)6-2-4-7(11)5-3-6/h2-5,8,11H,10H2,1H3/t8-/m1/s1. The topological polar surface area (TPSA) is 72.5 Å². The van der Waals surface area contributed by atoms with E-state index < -0.39 is 12.0 Å². The lowest BCUT2D eigenvalue weighted by atomic mass is 10.1. The quantitative estimate of drug-likeness (QED) is 0.654. The number of nitrogens with two attached hydrogens (primary N) is 1. The van der Waals surface area contributed by atoms with Crippen molar-refractivity contribution >= 4 is 5.97 Å². The highest BCUT2D eigenvalue weighted by atomic mass is 16.5. The molecule has 0 saturated heterocycles. The monoisotopic (exact) mass is 181 g/mol. The Hall–Kier alpha value is -1.55. The van der Waals surface area contributed by atoms with Gasteiger partial charge in [-0.05, 0) is 17.7 Å². The van der Waals surface area contributed by atoms with E-state index >= 15 is 0 Å². The molecule has 0 aromatic heterocycles. The highest BCUT2D eigenvalue weighted by Crippen LogP contribution is 2.15. The number of ether oxygens (including phenoxy) is 1. The van der Waals surface area contributed by atoms with E-state index in [9.17, 15) is 4.79 Å². The van der Waals surface area contributed by atoms with Crippen LogP contribution in [0.4, 0.5) is 0 Å². The van der Waals surface area contributed by atoms with Crippen LogP contribution in [0.15, 0.2) is 24.3 Å². The first-order valence-electron chi connectivity index (χ1n) is 3.77. The number of phenolic OH excluding ortho intramolecular Hbond substituents is 1. The summed E-state index contributed by atoms with van der Waals surface area (Å²) in [6.45, 7) is 0. The van der Waals surface area contributed by atoms with Crippen LogP contribution in [-0.4, -0.2) is 18.2 Å². The van der Waals surface area contributed by atoms with E-state index in [-0.39, 0.29) is 5.75 Å². The van der Waals surface area contributed by atoms with Gasteiger partial charge in [0.2, 0.25) is 0 Å². The molecule has 1 aromatic rings. The number of aromatic hydroxyl groups is 1.